The van der Waals surface area contributed by atoms with Gasteiger partial charge < -0.3 is 5.32 Å². The summed E-state index contributed by atoms with van der Waals surface area (Å²) in [5.74, 6) is 0. The number of hydrogen-bond donors (Lipinski definition) is 1. The van der Waals surface area contributed by atoms with Gasteiger partial charge in [-0.25, -0.2) is 4.68 Å². The highest BCUT2D eigenvalue weighted by Crippen LogP contribution is 2.21. The van der Waals surface area contributed by atoms with Crippen LogP contribution >= 0.6 is 11.6 Å². The Morgan fingerprint density at radius 2 is 1.62 bits per heavy atom. The van der Waals surface area contributed by atoms with Gasteiger partial charge >= 0.3 is 0 Å². The van der Waals surface area contributed by atoms with Gasteiger partial charge in [0.1, 0.15) is 5.15 Å². The topological polar surface area (TPSA) is 29.9 Å². The third kappa shape index (κ3) is 4.05. The zero-order valence-electron chi connectivity index (χ0n) is 14.1. The van der Waals surface area contributed by atoms with E-state index in [4.69, 9.17) is 11.6 Å². The zero-order chi connectivity index (χ0) is 16.9. The number of nitrogens with zero attached hydrogens (tertiary/aromatic N) is 2. The van der Waals surface area contributed by atoms with Gasteiger partial charge in [-0.2, -0.15) is 5.10 Å². The average molecular weight is 340 g/mol. The van der Waals surface area contributed by atoms with Crippen LogP contribution in [0.15, 0.2) is 54.6 Å². The molecular formula is C20H22ClN3. The first-order valence-electron chi connectivity index (χ1n) is 8.15. The second kappa shape index (κ2) is 7.65. The van der Waals surface area contributed by atoms with Crippen molar-refractivity contribution in [1.82, 2.24) is 15.1 Å². The van der Waals surface area contributed by atoms with Crippen molar-refractivity contribution in [3.8, 4) is 0 Å². The van der Waals surface area contributed by atoms with Crippen LogP contribution in [-0.2, 0) is 19.6 Å². The van der Waals surface area contributed by atoms with Crippen LogP contribution < -0.4 is 5.32 Å². The van der Waals surface area contributed by atoms with Crippen molar-refractivity contribution in [2.75, 3.05) is 0 Å². The fourth-order valence-electron chi connectivity index (χ4n) is 2.69. The minimum absolute atomic E-state index is 0.693. The number of aryl methyl sites for hydroxylation is 2. The Balaban J connectivity index is 1.66. The lowest BCUT2D eigenvalue weighted by Gasteiger charge is -2.06. The zero-order valence-corrected chi connectivity index (χ0v) is 14.8. The highest BCUT2D eigenvalue weighted by molar-refractivity contribution is 6.30. The van der Waals surface area contributed by atoms with E-state index in [1.807, 2.05) is 17.7 Å². The molecule has 0 aliphatic carbocycles. The number of aromatic nitrogens is 2. The van der Waals surface area contributed by atoms with E-state index in [2.05, 4.69) is 65.9 Å². The molecule has 124 valence electrons. The summed E-state index contributed by atoms with van der Waals surface area (Å²) in [6.45, 7) is 6.33. The van der Waals surface area contributed by atoms with Crippen molar-refractivity contribution in [1.29, 1.82) is 0 Å². The number of rotatable bonds is 6. The van der Waals surface area contributed by atoms with Crippen LogP contribution in [0.25, 0.3) is 0 Å². The lowest BCUT2D eigenvalue weighted by atomic mass is 10.1. The van der Waals surface area contributed by atoms with E-state index >= 15 is 0 Å². The Kier molecular flexibility index (Phi) is 5.34. The number of nitrogens with one attached hydrogen (secondary N) is 1. The van der Waals surface area contributed by atoms with Crippen molar-refractivity contribution in [2.24, 2.45) is 0 Å². The predicted molar refractivity (Wildman–Crippen MR) is 99.2 cm³/mol. The number of halogens is 1. The minimum Gasteiger partial charge on any atom is -0.308 e. The van der Waals surface area contributed by atoms with Crippen molar-refractivity contribution < 1.29 is 0 Å². The normalized spacial score (nSPS) is 11.0. The average Bonchev–Trinajstić information content (AvgIpc) is 2.85. The summed E-state index contributed by atoms with van der Waals surface area (Å²) in [5.41, 5.74) is 5.77. The van der Waals surface area contributed by atoms with E-state index in [0.717, 1.165) is 17.8 Å². The monoisotopic (exact) mass is 339 g/mol. The van der Waals surface area contributed by atoms with Crippen LogP contribution in [0.1, 0.15) is 27.9 Å². The van der Waals surface area contributed by atoms with E-state index in [9.17, 15) is 0 Å². The molecule has 3 rings (SSSR count). The summed E-state index contributed by atoms with van der Waals surface area (Å²) < 4.78 is 1.88. The Bertz CT molecular complexity index is 792. The van der Waals surface area contributed by atoms with Crippen molar-refractivity contribution >= 4 is 11.6 Å². The lowest BCUT2D eigenvalue weighted by Crippen LogP contribution is -2.13. The first-order chi connectivity index (χ1) is 11.6. The Labute approximate surface area is 148 Å². The molecule has 4 heteroatoms. The van der Waals surface area contributed by atoms with Gasteiger partial charge in [-0.1, -0.05) is 71.8 Å². The second-order valence-corrected chi connectivity index (χ2v) is 6.45. The van der Waals surface area contributed by atoms with Gasteiger partial charge in [-0.3, -0.25) is 0 Å². The second-order valence-electron chi connectivity index (χ2n) is 6.09. The van der Waals surface area contributed by atoms with Crippen LogP contribution in [0, 0.1) is 13.8 Å². The number of hydrogen-bond acceptors (Lipinski definition) is 2. The van der Waals surface area contributed by atoms with Crippen molar-refractivity contribution in [2.45, 2.75) is 33.5 Å². The Hall–Kier alpha value is -2.10. The van der Waals surface area contributed by atoms with E-state index in [1.165, 1.54) is 16.7 Å². The fourth-order valence-corrected chi connectivity index (χ4v) is 2.99. The summed E-state index contributed by atoms with van der Waals surface area (Å²) >= 11 is 6.55. The maximum Gasteiger partial charge on any atom is 0.132 e. The summed E-state index contributed by atoms with van der Waals surface area (Å²) in [7, 11) is 0. The maximum atomic E-state index is 6.55. The molecule has 0 aliphatic rings. The molecule has 1 heterocycles. The molecule has 1 aromatic heterocycles. The van der Waals surface area contributed by atoms with Gasteiger partial charge in [0.05, 0.1) is 12.2 Å². The minimum atomic E-state index is 0.693. The molecule has 0 bridgehead atoms. The molecule has 0 saturated heterocycles. The van der Waals surface area contributed by atoms with Gasteiger partial charge in [0.25, 0.3) is 0 Å². The molecular weight excluding hydrogens is 318 g/mol. The molecule has 0 aliphatic heterocycles. The summed E-state index contributed by atoms with van der Waals surface area (Å²) in [5, 5.41) is 8.76. The predicted octanol–water partition coefficient (Wildman–Crippen LogP) is 4.49. The van der Waals surface area contributed by atoms with E-state index in [-0.39, 0.29) is 0 Å². The maximum absolute atomic E-state index is 6.55. The van der Waals surface area contributed by atoms with Gasteiger partial charge in [-0.15, -0.1) is 0 Å². The molecule has 0 atom stereocenters. The third-order valence-corrected chi connectivity index (χ3v) is 4.53. The summed E-state index contributed by atoms with van der Waals surface area (Å²) in [4.78, 5) is 0. The smallest absolute Gasteiger partial charge is 0.132 e. The summed E-state index contributed by atoms with van der Waals surface area (Å²) in [6, 6.07) is 18.8. The van der Waals surface area contributed by atoms with Crippen molar-refractivity contribution in [3.63, 3.8) is 0 Å². The molecule has 0 amide bonds. The van der Waals surface area contributed by atoms with Crippen LogP contribution in [0.4, 0.5) is 0 Å². The van der Waals surface area contributed by atoms with Crippen LogP contribution in [0.5, 0.6) is 0 Å². The molecule has 0 radical (unpaired) electrons. The molecule has 0 saturated carbocycles. The van der Waals surface area contributed by atoms with Crippen LogP contribution in [0.3, 0.4) is 0 Å². The summed E-state index contributed by atoms with van der Waals surface area (Å²) in [6.07, 6.45) is 0. The highest BCUT2D eigenvalue weighted by Gasteiger charge is 2.13. The molecule has 2 aromatic carbocycles. The largest absolute Gasteiger partial charge is 0.308 e. The highest BCUT2D eigenvalue weighted by atomic mass is 35.5. The molecule has 24 heavy (non-hydrogen) atoms. The molecule has 0 fully saturated rings. The van der Waals surface area contributed by atoms with Crippen molar-refractivity contribution in [3.05, 3.63) is 87.7 Å². The molecule has 1 N–H and O–H groups in total. The lowest BCUT2D eigenvalue weighted by molar-refractivity contribution is 0.676. The van der Waals surface area contributed by atoms with Gasteiger partial charge in [0.15, 0.2) is 0 Å². The molecule has 0 spiro atoms. The van der Waals surface area contributed by atoms with Gasteiger partial charge in [0.2, 0.25) is 0 Å². The molecule has 3 nitrogen and oxygen atoms in total. The van der Waals surface area contributed by atoms with Gasteiger partial charge in [-0.05, 0) is 25.0 Å². The van der Waals surface area contributed by atoms with E-state index in [0.29, 0.717) is 18.2 Å². The quantitative estimate of drug-likeness (QED) is 0.717. The Morgan fingerprint density at radius 1 is 0.917 bits per heavy atom. The van der Waals surface area contributed by atoms with Crippen LogP contribution in [-0.4, -0.2) is 9.78 Å². The Morgan fingerprint density at radius 3 is 2.33 bits per heavy atom. The van der Waals surface area contributed by atoms with E-state index < -0.39 is 0 Å². The SMILES string of the molecule is Cc1ccc(Cn2nc(C)c(CNCc3ccccc3)c2Cl)cc1. The van der Waals surface area contributed by atoms with Crippen LogP contribution in [0.2, 0.25) is 5.15 Å². The number of benzene rings is 2. The standard InChI is InChI=1S/C20H22ClN3/c1-15-8-10-18(11-9-15)14-24-20(21)19(16(2)23-24)13-22-12-17-6-4-3-5-7-17/h3-11,22H,12-14H2,1-2H3. The molecule has 3 aromatic rings. The fraction of sp³-hybridized carbons (Fsp3) is 0.250. The first kappa shape index (κ1) is 16.7. The first-order valence-corrected chi connectivity index (χ1v) is 8.53. The molecule has 0 unspecified atom stereocenters. The third-order valence-electron chi connectivity index (χ3n) is 4.11. The van der Waals surface area contributed by atoms with Gasteiger partial charge in [0, 0.05) is 18.7 Å². The van der Waals surface area contributed by atoms with E-state index in [1.54, 1.807) is 0 Å².